The monoisotopic (exact) mass is 845 g/mol. The maximum absolute atomic E-state index is 7.06. The van der Waals surface area contributed by atoms with Crippen molar-refractivity contribution in [3.8, 4) is 45.8 Å². The van der Waals surface area contributed by atoms with Crippen molar-refractivity contribution in [3.63, 3.8) is 0 Å². The number of nitrogens with zero attached hydrogens (tertiary/aromatic N) is 5. The average molecular weight is 846 g/mol. The van der Waals surface area contributed by atoms with Crippen molar-refractivity contribution in [2.24, 2.45) is 0 Å². The number of ether oxygens (including phenoxy) is 2. The lowest BCUT2D eigenvalue weighted by Crippen LogP contribution is -2.33. The molecule has 7 heteroatoms. The summed E-state index contributed by atoms with van der Waals surface area (Å²) in [5, 5.41) is 4.69. The quantitative estimate of drug-likeness (QED) is 0.177. The number of fused-ring (bicyclic) bond motifs is 17. The molecule has 8 aromatic carbocycles. The van der Waals surface area contributed by atoms with Crippen molar-refractivity contribution in [3.05, 3.63) is 235 Å². The van der Waals surface area contributed by atoms with Crippen molar-refractivity contribution in [2.45, 2.75) is 5.41 Å². The van der Waals surface area contributed by atoms with Gasteiger partial charge in [0.1, 0.15) is 11.5 Å². The third-order valence-electron chi connectivity index (χ3n) is 14.0. The van der Waals surface area contributed by atoms with Crippen LogP contribution in [0.25, 0.3) is 66.4 Å². The summed E-state index contributed by atoms with van der Waals surface area (Å²) in [6.45, 7) is 0. The minimum absolute atomic E-state index is 0.792. The average Bonchev–Trinajstić information content (AvgIpc) is 3.99. The second-order valence-corrected chi connectivity index (χ2v) is 17.3. The summed E-state index contributed by atoms with van der Waals surface area (Å²) in [5.74, 6) is 3.25. The predicted molar refractivity (Wildman–Crippen MR) is 263 cm³/mol. The molecule has 15 rings (SSSR count). The fraction of sp³-hybridized carbons (Fsp3) is 0.0169. The van der Waals surface area contributed by atoms with Gasteiger partial charge >= 0.3 is 0 Å². The first-order valence-corrected chi connectivity index (χ1v) is 22.3. The molecule has 0 fully saturated rings. The van der Waals surface area contributed by atoms with Crippen LogP contribution >= 0.6 is 0 Å². The summed E-state index contributed by atoms with van der Waals surface area (Å²) >= 11 is 0. The number of benzene rings is 8. The standard InChI is InChI=1S/C59H35N5O2/c1-5-20-45-38(15-1)39-16-2-6-21-46(39)63(45)37-34-44-58(61-35-37)57-43(19-14-32-60-57)59(44)42-18-4-10-26-52(42)65-55-29-13-25-51(56(55)59)64-47-22-7-3-17-40(47)41-33-36(30-31-48(41)64)62-49-23-8-11-27-53(49)66-54-28-12-9-24-50(54)62/h1-35H. The van der Waals surface area contributed by atoms with Crippen LogP contribution in [0.2, 0.25) is 0 Å². The molecule has 12 aromatic rings. The van der Waals surface area contributed by atoms with Gasteiger partial charge in [-0.1, -0.05) is 109 Å². The summed E-state index contributed by atoms with van der Waals surface area (Å²) < 4.78 is 18.3. The Morgan fingerprint density at radius 3 is 1.65 bits per heavy atom. The van der Waals surface area contributed by atoms with Crippen LogP contribution in [0, 0.1) is 0 Å². The van der Waals surface area contributed by atoms with E-state index in [-0.39, 0.29) is 0 Å². The lowest BCUT2D eigenvalue weighted by atomic mass is 9.65. The smallest absolute Gasteiger partial charge is 0.151 e. The molecule has 66 heavy (non-hydrogen) atoms. The van der Waals surface area contributed by atoms with Gasteiger partial charge in [-0.15, -0.1) is 0 Å². The summed E-state index contributed by atoms with van der Waals surface area (Å²) in [6, 6.07) is 71.0. The molecule has 1 atom stereocenters. The first-order chi connectivity index (χ1) is 32.8. The summed E-state index contributed by atoms with van der Waals surface area (Å²) in [7, 11) is 0. The Morgan fingerprint density at radius 1 is 0.364 bits per heavy atom. The molecular weight excluding hydrogens is 811 g/mol. The summed E-state index contributed by atoms with van der Waals surface area (Å²) in [5.41, 5.74) is 14.6. The van der Waals surface area contributed by atoms with Crippen molar-refractivity contribution in [1.82, 2.24) is 19.1 Å². The number of rotatable bonds is 3. The Morgan fingerprint density at radius 2 is 0.909 bits per heavy atom. The van der Waals surface area contributed by atoms with Crippen molar-refractivity contribution in [1.29, 1.82) is 0 Å². The van der Waals surface area contributed by atoms with Crippen LogP contribution < -0.4 is 14.4 Å². The van der Waals surface area contributed by atoms with Crippen molar-refractivity contribution >= 4 is 60.7 Å². The topological polar surface area (TPSA) is 57.3 Å². The van der Waals surface area contributed by atoms with Crippen LogP contribution in [0.15, 0.2) is 213 Å². The number of anilines is 3. The lowest BCUT2D eigenvalue weighted by Gasteiger charge is -2.40. The highest BCUT2D eigenvalue weighted by Gasteiger charge is 2.54. The van der Waals surface area contributed by atoms with E-state index in [1.807, 2.05) is 36.7 Å². The third-order valence-corrected chi connectivity index (χ3v) is 14.0. The maximum Gasteiger partial charge on any atom is 0.151 e. The fourth-order valence-corrected chi connectivity index (χ4v) is 11.5. The Kier molecular flexibility index (Phi) is 7.03. The highest BCUT2D eigenvalue weighted by molar-refractivity contribution is 6.12. The minimum Gasteiger partial charge on any atom is -0.457 e. The van der Waals surface area contributed by atoms with E-state index in [9.17, 15) is 0 Å². The van der Waals surface area contributed by atoms with Gasteiger partial charge in [0, 0.05) is 50.1 Å². The van der Waals surface area contributed by atoms with Gasteiger partial charge in [0.15, 0.2) is 11.5 Å². The number of hydrogen-bond donors (Lipinski definition) is 0. The van der Waals surface area contributed by atoms with E-state index in [0.717, 1.165) is 118 Å². The van der Waals surface area contributed by atoms with Gasteiger partial charge in [-0.3, -0.25) is 9.97 Å². The molecule has 1 aliphatic carbocycles. The molecule has 0 saturated heterocycles. The number of pyridine rings is 2. The zero-order chi connectivity index (χ0) is 43.1. The van der Waals surface area contributed by atoms with Gasteiger partial charge < -0.3 is 23.5 Å². The van der Waals surface area contributed by atoms with Crippen LogP contribution in [0.1, 0.15) is 22.3 Å². The normalized spacial score (nSPS) is 15.2. The van der Waals surface area contributed by atoms with E-state index in [2.05, 4.69) is 190 Å². The zero-order valence-electron chi connectivity index (χ0n) is 35.3. The molecule has 0 amide bonds. The number of para-hydroxylation sites is 8. The predicted octanol–water partition coefficient (Wildman–Crippen LogP) is 14.7. The van der Waals surface area contributed by atoms with E-state index in [0.29, 0.717) is 0 Å². The SMILES string of the molecule is c1ccc2c(c1)Oc1ccccc1N2c1ccc2c(c1)c1ccccc1n2-c1cccc2c1C1(c3ccccc3O2)c2cccnc2-c2ncc(-n3c4ccccc4c4ccccc43)cc21. The number of hydrogen-bond acceptors (Lipinski definition) is 5. The first-order valence-electron chi connectivity index (χ1n) is 22.3. The molecule has 2 aliphatic heterocycles. The molecule has 1 spiro atoms. The van der Waals surface area contributed by atoms with E-state index >= 15 is 0 Å². The molecule has 308 valence electrons. The molecule has 0 radical (unpaired) electrons. The molecule has 7 nitrogen and oxygen atoms in total. The van der Waals surface area contributed by atoms with E-state index in [4.69, 9.17) is 19.4 Å². The molecule has 4 aromatic heterocycles. The molecule has 6 heterocycles. The van der Waals surface area contributed by atoms with Gasteiger partial charge in [0.05, 0.1) is 67.8 Å². The lowest BCUT2D eigenvalue weighted by molar-refractivity contribution is 0.435. The number of aromatic nitrogens is 4. The Balaban J connectivity index is 1.02. The zero-order valence-corrected chi connectivity index (χ0v) is 35.3. The maximum atomic E-state index is 7.06. The van der Waals surface area contributed by atoms with Gasteiger partial charge in [-0.25, -0.2) is 0 Å². The van der Waals surface area contributed by atoms with Gasteiger partial charge in [-0.05, 0) is 96.6 Å². The largest absolute Gasteiger partial charge is 0.457 e. The fourth-order valence-electron chi connectivity index (χ4n) is 11.5. The van der Waals surface area contributed by atoms with Crippen molar-refractivity contribution < 1.29 is 9.47 Å². The highest BCUT2D eigenvalue weighted by atomic mass is 16.5. The van der Waals surface area contributed by atoms with Crippen LogP contribution in [0.4, 0.5) is 17.1 Å². The van der Waals surface area contributed by atoms with Crippen LogP contribution in [-0.2, 0) is 5.41 Å². The van der Waals surface area contributed by atoms with Gasteiger partial charge in [0.25, 0.3) is 0 Å². The van der Waals surface area contributed by atoms with Crippen LogP contribution in [0.3, 0.4) is 0 Å². The Hall–Kier alpha value is -8.94. The molecule has 0 saturated carbocycles. The van der Waals surface area contributed by atoms with Gasteiger partial charge in [0.2, 0.25) is 0 Å². The molecule has 0 bridgehead atoms. The van der Waals surface area contributed by atoms with Crippen LogP contribution in [0.5, 0.6) is 23.0 Å². The highest BCUT2D eigenvalue weighted by Crippen LogP contribution is 2.63. The second-order valence-electron chi connectivity index (χ2n) is 17.3. The molecule has 3 aliphatic rings. The van der Waals surface area contributed by atoms with Crippen molar-refractivity contribution in [2.75, 3.05) is 4.90 Å². The molecular formula is C59H35N5O2. The van der Waals surface area contributed by atoms with Gasteiger partial charge in [-0.2, -0.15) is 0 Å². The second kappa shape index (κ2) is 13.1. The van der Waals surface area contributed by atoms with E-state index < -0.39 is 5.41 Å². The minimum atomic E-state index is -0.861. The van der Waals surface area contributed by atoms with E-state index in [1.54, 1.807) is 0 Å². The summed E-state index contributed by atoms with van der Waals surface area (Å²) in [4.78, 5) is 12.8. The molecule has 1 unspecified atom stereocenters. The Bertz CT molecular complexity index is 3950. The summed E-state index contributed by atoms with van der Waals surface area (Å²) in [6.07, 6.45) is 3.90. The Labute approximate surface area is 378 Å². The van der Waals surface area contributed by atoms with Crippen LogP contribution in [-0.4, -0.2) is 19.1 Å². The third kappa shape index (κ3) is 4.55. The molecule has 0 N–H and O–H groups in total. The first kappa shape index (κ1) is 35.5. The van der Waals surface area contributed by atoms with E-state index in [1.165, 1.54) is 10.8 Å².